The van der Waals surface area contributed by atoms with Crippen LogP contribution in [0.1, 0.15) is 21.5 Å². The van der Waals surface area contributed by atoms with E-state index in [4.69, 9.17) is 27.9 Å². The van der Waals surface area contributed by atoms with Crippen molar-refractivity contribution in [2.45, 2.75) is 18.4 Å². The highest BCUT2D eigenvalue weighted by atomic mass is 35.5. The molecule has 8 heteroatoms. The third-order valence-electron chi connectivity index (χ3n) is 3.56. The zero-order valence-corrected chi connectivity index (χ0v) is 16.2. The Morgan fingerprint density at radius 3 is 2.36 bits per heavy atom. The molecule has 2 rings (SSSR count). The molecule has 0 saturated heterocycles. The van der Waals surface area contributed by atoms with Gasteiger partial charge in [-0.2, -0.15) is 0 Å². The second kappa shape index (κ2) is 7.74. The third kappa shape index (κ3) is 4.52. The van der Waals surface area contributed by atoms with Gasteiger partial charge in [-0.05, 0) is 42.3 Å². The van der Waals surface area contributed by atoms with Crippen molar-refractivity contribution in [1.29, 1.82) is 0 Å². The van der Waals surface area contributed by atoms with Crippen molar-refractivity contribution in [3.05, 3.63) is 63.1 Å². The van der Waals surface area contributed by atoms with E-state index in [9.17, 15) is 13.2 Å². The van der Waals surface area contributed by atoms with Crippen LogP contribution in [0, 0.1) is 6.92 Å². The molecule has 25 heavy (non-hydrogen) atoms. The van der Waals surface area contributed by atoms with Crippen LogP contribution in [0.4, 0.5) is 0 Å². The van der Waals surface area contributed by atoms with E-state index in [0.717, 1.165) is 4.31 Å². The van der Waals surface area contributed by atoms with E-state index in [1.807, 2.05) is 0 Å². The van der Waals surface area contributed by atoms with Gasteiger partial charge in [0.05, 0.1) is 20.5 Å². The Labute approximate surface area is 157 Å². The lowest BCUT2D eigenvalue weighted by Crippen LogP contribution is -2.22. The summed E-state index contributed by atoms with van der Waals surface area (Å²) in [6, 6.07) is 9.27. The van der Waals surface area contributed by atoms with Crippen LogP contribution >= 0.6 is 23.2 Å². The van der Waals surface area contributed by atoms with Gasteiger partial charge in [0, 0.05) is 14.1 Å². The number of nitrogens with zero attached hydrogens (tertiary/aromatic N) is 1. The molecule has 0 heterocycles. The molecule has 0 unspecified atom stereocenters. The second-order valence-corrected chi connectivity index (χ2v) is 8.55. The van der Waals surface area contributed by atoms with Crippen molar-refractivity contribution in [3.63, 3.8) is 0 Å². The number of halogens is 2. The summed E-state index contributed by atoms with van der Waals surface area (Å²) >= 11 is 11.8. The van der Waals surface area contributed by atoms with E-state index in [2.05, 4.69) is 0 Å². The number of rotatable bonds is 5. The molecule has 0 spiro atoms. The minimum Gasteiger partial charge on any atom is -0.457 e. The standard InChI is InChI=1S/C17H17Cl2NO4S/c1-11-4-6-13(25(22,23)20(2)3)9-14(11)17(21)24-10-12-5-7-15(18)16(19)8-12/h4-9H,10H2,1-3H3. The molecule has 0 atom stereocenters. The van der Waals surface area contributed by atoms with Gasteiger partial charge in [0.15, 0.2) is 0 Å². The van der Waals surface area contributed by atoms with Crippen LogP contribution in [0.25, 0.3) is 0 Å². The summed E-state index contributed by atoms with van der Waals surface area (Å²) in [6.07, 6.45) is 0. The minimum atomic E-state index is -3.63. The van der Waals surface area contributed by atoms with Gasteiger partial charge in [0.25, 0.3) is 0 Å². The van der Waals surface area contributed by atoms with Crippen molar-refractivity contribution < 1.29 is 17.9 Å². The topological polar surface area (TPSA) is 63.7 Å². The maximum atomic E-state index is 12.4. The first-order valence-electron chi connectivity index (χ1n) is 7.27. The monoisotopic (exact) mass is 401 g/mol. The fraction of sp³-hybridized carbons (Fsp3) is 0.235. The van der Waals surface area contributed by atoms with Gasteiger partial charge in [0.2, 0.25) is 10.0 Å². The Morgan fingerprint density at radius 2 is 1.76 bits per heavy atom. The zero-order chi connectivity index (χ0) is 18.8. The lowest BCUT2D eigenvalue weighted by Gasteiger charge is -2.13. The highest BCUT2D eigenvalue weighted by Gasteiger charge is 2.20. The normalized spacial score (nSPS) is 11.6. The van der Waals surface area contributed by atoms with Gasteiger partial charge in [0.1, 0.15) is 6.61 Å². The Morgan fingerprint density at radius 1 is 1.08 bits per heavy atom. The molecule has 0 bridgehead atoms. The lowest BCUT2D eigenvalue weighted by atomic mass is 10.1. The molecule has 0 N–H and O–H groups in total. The van der Waals surface area contributed by atoms with E-state index < -0.39 is 16.0 Å². The van der Waals surface area contributed by atoms with Crippen molar-refractivity contribution in [2.75, 3.05) is 14.1 Å². The van der Waals surface area contributed by atoms with Crippen molar-refractivity contribution in [3.8, 4) is 0 Å². The SMILES string of the molecule is Cc1ccc(S(=O)(=O)N(C)C)cc1C(=O)OCc1ccc(Cl)c(Cl)c1. The first-order valence-corrected chi connectivity index (χ1v) is 9.46. The first kappa shape index (κ1) is 19.7. The molecule has 0 radical (unpaired) electrons. The highest BCUT2D eigenvalue weighted by Crippen LogP contribution is 2.23. The molecule has 0 aliphatic heterocycles. The predicted octanol–water partition coefficient (Wildman–Crippen LogP) is 3.91. The molecule has 0 fully saturated rings. The summed E-state index contributed by atoms with van der Waals surface area (Å²) in [4.78, 5) is 12.4. The Hall–Kier alpha value is -1.60. The van der Waals surface area contributed by atoms with Gasteiger partial charge in [-0.25, -0.2) is 17.5 Å². The van der Waals surface area contributed by atoms with E-state index in [1.165, 1.54) is 26.2 Å². The van der Waals surface area contributed by atoms with E-state index in [-0.39, 0.29) is 17.1 Å². The first-order chi connectivity index (χ1) is 11.6. The van der Waals surface area contributed by atoms with E-state index >= 15 is 0 Å². The number of carbonyl (C=O) groups excluding carboxylic acids is 1. The number of ether oxygens (including phenoxy) is 1. The van der Waals surface area contributed by atoms with Crippen LogP contribution in [0.3, 0.4) is 0 Å². The number of esters is 1. The maximum Gasteiger partial charge on any atom is 0.338 e. The molecule has 134 valence electrons. The number of benzene rings is 2. The molecular formula is C17H17Cl2NO4S. The molecule has 0 aliphatic rings. The fourth-order valence-electron chi connectivity index (χ4n) is 2.05. The molecule has 2 aromatic carbocycles. The second-order valence-electron chi connectivity index (χ2n) is 5.59. The number of hydrogen-bond donors (Lipinski definition) is 0. The van der Waals surface area contributed by atoms with E-state index in [1.54, 1.807) is 31.2 Å². The third-order valence-corrected chi connectivity index (χ3v) is 6.11. The largest absolute Gasteiger partial charge is 0.457 e. The Bertz CT molecular complexity index is 911. The molecule has 2 aromatic rings. The van der Waals surface area contributed by atoms with Crippen molar-refractivity contribution in [2.24, 2.45) is 0 Å². The smallest absolute Gasteiger partial charge is 0.338 e. The summed E-state index contributed by atoms with van der Waals surface area (Å²) in [5, 5.41) is 0.777. The zero-order valence-electron chi connectivity index (χ0n) is 13.9. The molecule has 5 nitrogen and oxygen atoms in total. The minimum absolute atomic E-state index is 0.000178. The maximum absolute atomic E-state index is 12.4. The van der Waals surface area contributed by atoms with Gasteiger partial charge < -0.3 is 4.74 Å². The molecule has 0 aliphatic carbocycles. The number of aryl methyl sites for hydroxylation is 1. The lowest BCUT2D eigenvalue weighted by molar-refractivity contribution is 0.0471. The quantitative estimate of drug-likeness (QED) is 0.712. The highest BCUT2D eigenvalue weighted by molar-refractivity contribution is 7.89. The molecule has 0 saturated carbocycles. The summed E-state index contributed by atoms with van der Waals surface area (Å²) in [5.41, 5.74) is 1.50. The van der Waals surface area contributed by atoms with Crippen molar-refractivity contribution in [1.82, 2.24) is 4.31 Å². The summed E-state index contributed by atoms with van der Waals surface area (Å²) < 4.78 is 30.8. The van der Waals surface area contributed by atoms with Crippen LogP contribution in [0.2, 0.25) is 10.0 Å². The van der Waals surface area contributed by atoms with Crippen molar-refractivity contribution >= 4 is 39.2 Å². The average molecular weight is 402 g/mol. The summed E-state index contributed by atoms with van der Waals surface area (Å²) in [5.74, 6) is -0.612. The number of carbonyl (C=O) groups is 1. The van der Waals surface area contributed by atoms with E-state index in [0.29, 0.717) is 21.2 Å². The number of sulfonamides is 1. The van der Waals surface area contributed by atoms with Crippen LogP contribution < -0.4 is 0 Å². The summed E-state index contributed by atoms with van der Waals surface area (Å²) in [7, 11) is -0.778. The van der Waals surface area contributed by atoms with Crippen LogP contribution in [0.15, 0.2) is 41.3 Å². The molecular weight excluding hydrogens is 385 g/mol. The van der Waals surface area contributed by atoms with Gasteiger partial charge in [-0.15, -0.1) is 0 Å². The Balaban J connectivity index is 2.22. The average Bonchev–Trinajstić information content (AvgIpc) is 2.55. The fourth-order valence-corrected chi connectivity index (χ4v) is 3.30. The van der Waals surface area contributed by atoms with Gasteiger partial charge in [-0.1, -0.05) is 35.3 Å². The van der Waals surface area contributed by atoms with Crippen LogP contribution in [0.5, 0.6) is 0 Å². The van der Waals surface area contributed by atoms with Gasteiger partial charge >= 0.3 is 5.97 Å². The predicted molar refractivity (Wildman–Crippen MR) is 97.6 cm³/mol. The number of hydrogen-bond acceptors (Lipinski definition) is 4. The van der Waals surface area contributed by atoms with Gasteiger partial charge in [-0.3, -0.25) is 0 Å². The van der Waals surface area contributed by atoms with Crippen LogP contribution in [-0.4, -0.2) is 32.8 Å². The Kier molecular flexibility index (Phi) is 6.11. The molecule has 0 aromatic heterocycles. The molecule has 0 amide bonds. The summed E-state index contributed by atoms with van der Waals surface area (Å²) in [6.45, 7) is 1.71. The van der Waals surface area contributed by atoms with Crippen LogP contribution in [-0.2, 0) is 21.4 Å².